The molecule has 1 aromatic heterocycles. The summed E-state index contributed by atoms with van der Waals surface area (Å²) in [4.78, 5) is 18.3. The van der Waals surface area contributed by atoms with Gasteiger partial charge in [0.15, 0.2) is 0 Å². The summed E-state index contributed by atoms with van der Waals surface area (Å²) >= 11 is 0. The fourth-order valence-electron chi connectivity index (χ4n) is 3.27. The molecule has 0 atom stereocenters. The van der Waals surface area contributed by atoms with Crippen molar-refractivity contribution in [2.75, 3.05) is 26.2 Å². The van der Waals surface area contributed by atoms with Gasteiger partial charge in [-0.2, -0.15) is 0 Å². The number of nitrogens with zero attached hydrogens (tertiary/aromatic N) is 2. The molecule has 3 rings (SSSR count). The lowest BCUT2D eigenvalue weighted by atomic mass is 9.94. The van der Waals surface area contributed by atoms with Crippen LogP contribution in [0.4, 0.5) is 4.79 Å². The number of amides is 2. The van der Waals surface area contributed by atoms with Crippen LogP contribution < -0.4 is 10.1 Å². The largest absolute Gasteiger partial charge is 0.492 e. The van der Waals surface area contributed by atoms with Crippen molar-refractivity contribution in [3.63, 3.8) is 0 Å². The second kappa shape index (κ2) is 9.80. The van der Waals surface area contributed by atoms with E-state index < -0.39 is 0 Å². The van der Waals surface area contributed by atoms with Crippen molar-refractivity contribution >= 4 is 6.03 Å². The van der Waals surface area contributed by atoms with Crippen molar-refractivity contribution in [3.8, 4) is 5.75 Å². The van der Waals surface area contributed by atoms with Crippen LogP contribution in [0.25, 0.3) is 0 Å². The molecular weight excluding hydrogens is 326 g/mol. The van der Waals surface area contributed by atoms with Crippen LogP contribution in [-0.2, 0) is 6.42 Å². The van der Waals surface area contributed by atoms with E-state index in [4.69, 9.17) is 4.74 Å². The van der Waals surface area contributed by atoms with Gasteiger partial charge in [0.05, 0.1) is 12.8 Å². The van der Waals surface area contributed by atoms with Gasteiger partial charge in [0, 0.05) is 25.8 Å². The van der Waals surface area contributed by atoms with Gasteiger partial charge in [0.1, 0.15) is 5.75 Å². The maximum atomic E-state index is 12.3. The van der Waals surface area contributed by atoms with E-state index in [0.29, 0.717) is 19.1 Å². The van der Waals surface area contributed by atoms with Crippen LogP contribution in [0.15, 0.2) is 54.9 Å². The first-order valence-electron chi connectivity index (χ1n) is 9.41. The second-order valence-corrected chi connectivity index (χ2v) is 6.72. The van der Waals surface area contributed by atoms with Gasteiger partial charge in [-0.3, -0.25) is 4.98 Å². The minimum atomic E-state index is 0.0611. The molecule has 0 spiro atoms. The summed E-state index contributed by atoms with van der Waals surface area (Å²) in [7, 11) is 0. The molecule has 5 nitrogen and oxygen atoms in total. The predicted octanol–water partition coefficient (Wildman–Crippen LogP) is 3.51. The Morgan fingerprint density at radius 1 is 1.15 bits per heavy atom. The smallest absolute Gasteiger partial charge is 0.317 e. The van der Waals surface area contributed by atoms with E-state index in [1.807, 2.05) is 35.2 Å². The van der Waals surface area contributed by atoms with E-state index in [-0.39, 0.29) is 6.03 Å². The van der Waals surface area contributed by atoms with Crippen LogP contribution in [0.1, 0.15) is 24.8 Å². The Hall–Kier alpha value is -2.56. The zero-order valence-corrected chi connectivity index (χ0v) is 15.1. The number of hydrogen-bond acceptors (Lipinski definition) is 3. The van der Waals surface area contributed by atoms with Crippen molar-refractivity contribution in [1.82, 2.24) is 15.2 Å². The molecule has 2 aromatic rings. The van der Waals surface area contributed by atoms with E-state index in [1.165, 1.54) is 5.56 Å². The third-order valence-corrected chi connectivity index (χ3v) is 4.86. The van der Waals surface area contributed by atoms with Gasteiger partial charge in [0.2, 0.25) is 0 Å². The molecule has 5 heteroatoms. The number of urea groups is 1. The number of nitrogens with one attached hydrogen (secondary N) is 1. The lowest BCUT2D eigenvalue weighted by Gasteiger charge is -2.32. The summed E-state index contributed by atoms with van der Waals surface area (Å²) in [5, 5.41) is 3.04. The SMILES string of the molecule is O=C(NCCc1ccccc1)N1CCC(CCOc2cccnc2)CC1. The van der Waals surface area contributed by atoms with E-state index >= 15 is 0 Å². The molecule has 138 valence electrons. The first kappa shape index (κ1) is 18.2. The quantitative estimate of drug-likeness (QED) is 0.829. The molecule has 0 radical (unpaired) electrons. The molecule has 1 saturated heterocycles. The lowest BCUT2D eigenvalue weighted by molar-refractivity contribution is 0.160. The molecule has 0 bridgehead atoms. The Labute approximate surface area is 155 Å². The van der Waals surface area contributed by atoms with E-state index in [1.54, 1.807) is 12.4 Å². The number of aromatic nitrogens is 1. The van der Waals surface area contributed by atoms with Crippen molar-refractivity contribution < 1.29 is 9.53 Å². The normalized spacial score (nSPS) is 14.8. The molecule has 1 N–H and O–H groups in total. The second-order valence-electron chi connectivity index (χ2n) is 6.72. The van der Waals surface area contributed by atoms with E-state index in [9.17, 15) is 4.79 Å². The fourth-order valence-corrected chi connectivity index (χ4v) is 3.27. The first-order valence-corrected chi connectivity index (χ1v) is 9.41. The van der Waals surface area contributed by atoms with Crippen LogP contribution in [0.3, 0.4) is 0 Å². The lowest BCUT2D eigenvalue weighted by Crippen LogP contribution is -2.45. The Kier molecular flexibility index (Phi) is 6.88. The summed E-state index contributed by atoms with van der Waals surface area (Å²) in [6, 6.07) is 14.1. The third kappa shape index (κ3) is 5.76. The highest BCUT2D eigenvalue weighted by Crippen LogP contribution is 2.21. The predicted molar refractivity (Wildman–Crippen MR) is 102 cm³/mol. The van der Waals surface area contributed by atoms with Crippen molar-refractivity contribution in [2.45, 2.75) is 25.7 Å². The number of pyridine rings is 1. The summed E-state index contributed by atoms with van der Waals surface area (Å²) in [6.45, 7) is 3.05. The Morgan fingerprint density at radius 3 is 2.69 bits per heavy atom. The number of ether oxygens (including phenoxy) is 1. The van der Waals surface area contributed by atoms with Gasteiger partial charge < -0.3 is 15.0 Å². The molecule has 2 amide bonds. The zero-order valence-electron chi connectivity index (χ0n) is 15.1. The number of benzene rings is 1. The van der Waals surface area contributed by atoms with Gasteiger partial charge in [0.25, 0.3) is 0 Å². The van der Waals surface area contributed by atoms with Gasteiger partial charge in [-0.1, -0.05) is 30.3 Å². The van der Waals surface area contributed by atoms with E-state index in [0.717, 1.165) is 44.5 Å². The molecule has 26 heavy (non-hydrogen) atoms. The highest BCUT2D eigenvalue weighted by molar-refractivity contribution is 5.74. The number of likely N-dealkylation sites (tertiary alicyclic amines) is 1. The third-order valence-electron chi connectivity index (χ3n) is 4.86. The minimum absolute atomic E-state index is 0.0611. The molecule has 1 aliphatic heterocycles. The molecular formula is C21H27N3O2. The number of carbonyl (C=O) groups excluding carboxylic acids is 1. The van der Waals surface area contributed by atoms with Gasteiger partial charge in [-0.05, 0) is 49.3 Å². The van der Waals surface area contributed by atoms with Gasteiger partial charge in [-0.25, -0.2) is 4.79 Å². The monoisotopic (exact) mass is 353 g/mol. The maximum Gasteiger partial charge on any atom is 0.317 e. The molecule has 1 aromatic carbocycles. The number of piperidine rings is 1. The van der Waals surface area contributed by atoms with Crippen molar-refractivity contribution in [2.24, 2.45) is 5.92 Å². The van der Waals surface area contributed by atoms with Crippen LogP contribution in [0.2, 0.25) is 0 Å². The van der Waals surface area contributed by atoms with Crippen molar-refractivity contribution in [3.05, 3.63) is 60.4 Å². The molecule has 1 aliphatic rings. The molecule has 0 aliphatic carbocycles. The van der Waals surface area contributed by atoms with Crippen LogP contribution >= 0.6 is 0 Å². The number of rotatable bonds is 7. The topological polar surface area (TPSA) is 54.5 Å². The van der Waals surface area contributed by atoms with Crippen LogP contribution in [0.5, 0.6) is 5.75 Å². The fraction of sp³-hybridized carbons (Fsp3) is 0.429. The Balaban J connectivity index is 1.29. The summed E-state index contributed by atoms with van der Waals surface area (Å²) < 4.78 is 5.72. The molecule has 0 saturated carbocycles. The van der Waals surface area contributed by atoms with Crippen LogP contribution in [0, 0.1) is 5.92 Å². The highest BCUT2D eigenvalue weighted by atomic mass is 16.5. The molecule has 2 heterocycles. The zero-order chi connectivity index (χ0) is 18.0. The standard InChI is InChI=1S/C21H27N3O2/c25-21(23-13-8-18-5-2-1-3-6-18)24-14-9-19(10-15-24)11-16-26-20-7-4-12-22-17-20/h1-7,12,17,19H,8-11,13-16H2,(H,23,25). The minimum Gasteiger partial charge on any atom is -0.492 e. The average molecular weight is 353 g/mol. The highest BCUT2D eigenvalue weighted by Gasteiger charge is 2.22. The van der Waals surface area contributed by atoms with Gasteiger partial charge in [-0.15, -0.1) is 0 Å². The molecule has 1 fully saturated rings. The molecule has 0 unspecified atom stereocenters. The number of hydrogen-bond donors (Lipinski definition) is 1. The van der Waals surface area contributed by atoms with Crippen molar-refractivity contribution in [1.29, 1.82) is 0 Å². The summed E-state index contributed by atoms with van der Waals surface area (Å²) in [5.74, 6) is 1.45. The Morgan fingerprint density at radius 2 is 1.96 bits per heavy atom. The van der Waals surface area contributed by atoms with Gasteiger partial charge >= 0.3 is 6.03 Å². The maximum absolute atomic E-state index is 12.3. The Bertz CT molecular complexity index is 655. The number of carbonyl (C=O) groups is 1. The van der Waals surface area contributed by atoms with E-state index in [2.05, 4.69) is 22.4 Å². The average Bonchev–Trinajstić information content (AvgIpc) is 2.70. The summed E-state index contributed by atoms with van der Waals surface area (Å²) in [5.41, 5.74) is 1.25. The first-order chi connectivity index (χ1) is 12.8. The summed E-state index contributed by atoms with van der Waals surface area (Å²) in [6.07, 6.45) is 7.47. The van der Waals surface area contributed by atoms with Crippen LogP contribution in [-0.4, -0.2) is 42.2 Å².